The number of esters is 1. The van der Waals surface area contributed by atoms with Gasteiger partial charge in [0.05, 0.1) is 0 Å². The molecule has 0 aliphatic rings. The Bertz CT molecular complexity index is 576. The largest absolute Gasteiger partial charge is 0.427 e. The average Bonchev–Trinajstić information content (AvgIpc) is 2.45. The molecule has 0 atom stereocenters. The molecule has 0 aliphatic heterocycles. The minimum atomic E-state index is -0.308. The molecule has 20 heavy (non-hydrogen) atoms. The number of anilines is 1. The van der Waals surface area contributed by atoms with Crippen molar-refractivity contribution in [2.24, 2.45) is 0 Å². The van der Waals surface area contributed by atoms with E-state index in [-0.39, 0.29) is 5.97 Å². The molecule has 0 saturated carbocycles. The molecule has 0 radical (unpaired) electrons. The van der Waals surface area contributed by atoms with Crippen molar-refractivity contribution in [1.82, 2.24) is 0 Å². The predicted octanol–water partition coefficient (Wildman–Crippen LogP) is 3.79. The highest BCUT2D eigenvalue weighted by Crippen LogP contribution is 2.18. The summed E-state index contributed by atoms with van der Waals surface area (Å²) in [5, 5.41) is 3.32. The van der Waals surface area contributed by atoms with Crippen molar-refractivity contribution in [2.45, 2.75) is 26.8 Å². The van der Waals surface area contributed by atoms with Gasteiger partial charge in [0.25, 0.3) is 0 Å². The molecule has 0 heterocycles. The Balaban J connectivity index is 1.97. The lowest BCUT2D eigenvalue weighted by atomic mass is 10.1. The predicted molar refractivity (Wildman–Crippen MR) is 80.9 cm³/mol. The first kappa shape index (κ1) is 14.1. The first-order valence-corrected chi connectivity index (χ1v) is 6.77. The van der Waals surface area contributed by atoms with Gasteiger partial charge in [-0.2, -0.15) is 0 Å². The van der Waals surface area contributed by atoms with Gasteiger partial charge in [-0.3, -0.25) is 4.79 Å². The van der Waals surface area contributed by atoms with Crippen LogP contribution in [-0.2, 0) is 17.8 Å². The highest BCUT2D eigenvalue weighted by atomic mass is 16.5. The van der Waals surface area contributed by atoms with Crippen LogP contribution in [0.4, 0.5) is 5.69 Å². The second-order valence-corrected chi connectivity index (χ2v) is 4.65. The van der Waals surface area contributed by atoms with Gasteiger partial charge in [0.1, 0.15) is 5.75 Å². The maximum atomic E-state index is 10.9. The van der Waals surface area contributed by atoms with E-state index in [1.807, 2.05) is 18.2 Å². The number of carbonyl (C=O) groups is 1. The van der Waals surface area contributed by atoms with E-state index in [4.69, 9.17) is 4.74 Å². The Morgan fingerprint density at radius 2 is 1.80 bits per heavy atom. The lowest BCUT2D eigenvalue weighted by molar-refractivity contribution is -0.131. The number of benzene rings is 2. The van der Waals surface area contributed by atoms with Gasteiger partial charge in [-0.1, -0.05) is 37.3 Å². The van der Waals surface area contributed by atoms with Crippen molar-refractivity contribution < 1.29 is 9.53 Å². The van der Waals surface area contributed by atoms with Gasteiger partial charge in [-0.25, -0.2) is 0 Å². The third-order valence-electron chi connectivity index (χ3n) is 3.02. The van der Waals surface area contributed by atoms with E-state index in [9.17, 15) is 4.79 Å². The topological polar surface area (TPSA) is 38.3 Å². The standard InChI is InChI=1S/C17H19NO2/c1-3-14-7-9-15(10-8-14)12-18-16-5-4-6-17(11-16)20-13(2)19/h4-11,18H,3,12H2,1-2H3. The van der Waals surface area contributed by atoms with Gasteiger partial charge >= 0.3 is 5.97 Å². The first-order valence-electron chi connectivity index (χ1n) is 6.77. The summed E-state index contributed by atoms with van der Waals surface area (Å²) in [5.74, 6) is 0.251. The van der Waals surface area contributed by atoms with Crippen molar-refractivity contribution >= 4 is 11.7 Å². The lowest BCUT2D eigenvalue weighted by Gasteiger charge is -2.09. The van der Waals surface area contributed by atoms with Crippen LogP contribution in [0.3, 0.4) is 0 Å². The summed E-state index contributed by atoms with van der Waals surface area (Å²) in [5.41, 5.74) is 3.49. The summed E-state index contributed by atoms with van der Waals surface area (Å²) in [6.07, 6.45) is 1.05. The fourth-order valence-corrected chi connectivity index (χ4v) is 1.93. The van der Waals surface area contributed by atoms with Gasteiger partial charge in [0.15, 0.2) is 0 Å². The molecule has 0 aromatic heterocycles. The second-order valence-electron chi connectivity index (χ2n) is 4.65. The van der Waals surface area contributed by atoms with Crippen molar-refractivity contribution in [2.75, 3.05) is 5.32 Å². The quantitative estimate of drug-likeness (QED) is 0.663. The molecule has 3 heteroatoms. The molecule has 1 N–H and O–H groups in total. The summed E-state index contributed by atoms with van der Waals surface area (Å²) in [4.78, 5) is 10.9. The maximum Gasteiger partial charge on any atom is 0.308 e. The van der Waals surface area contributed by atoms with Crippen molar-refractivity contribution in [3.05, 3.63) is 59.7 Å². The third kappa shape index (κ3) is 4.12. The van der Waals surface area contributed by atoms with Gasteiger partial charge in [0, 0.05) is 25.2 Å². The van der Waals surface area contributed by atoms with E-state index < -0.39 is 0 Å². The van der Waals surface area contributed by atoms with Crippen LogP contribution < -0.4 is 10.1 Å². The summed E-state index contributed by atoms with van der Waals surface area (Å²) >= 11 is 0. The van der Waals surface area contributed by atoms with Crippen LogP contribution >= 0.6 is 0 Å². The van der Waals surface area contributed by atoms with E-state index in [0.717, 1.165) is 18.7 Å². The highest BCUT2D eigenvalue weighted by Gasteiger charge is 2.00. The Labute approximate surface area is 119 Å². The number of aryl methyl sites for hydroxylation is 1. The fraction of sp³-hybridized carbons (Fsp3) is 0.235. The minimum Gasteiger partial charge on any atom is -0.427 e. The van der Waals surface area contributed by atoms with Crippen LogP contribution in [0.2, 0.25) is 0 Å². The number of carbonyl (C=O) groups excluding carboxylic acids is 1. The molecule has 0 saturated heterocycles. The summed E-state index contributed by atoms with van der Waals surface area (Å²) in [6.45, 7) is 4.29. The molecule has 2 rings (SSSR count). The van der Waals surface area contributed by atoms with Crippen LogP contribution in [0.1, 0.15) is 25.0 Å². The Kier molecular flexibility index (Phi) is 4.77. The zero-order chi connectivity index (χ0) is 14.4. The molecular weight excluding hydrogens is 250 g/mol. The van der Waals surface area contributed by atoms with Crippen LogP contribution in [0.15, 0.2) is 48.5 Å². The Morgan fingerprint density at radius 1 is 1.10 bits per heavy atom. The smallest absolute Gasteiger partial charge is 0.308 e. The van der Waals surface area contributed by atoms with Gasteiger partial charge < -0.3 is 10.1 Å². The van der Waals surface area contributed by atoms with E-state index in [1.54, 1.807) is 6.07 Å². The SMILES string of the molecule is CCc1ccc(CNc2cccc(OC(C)=O)c2)cc1. The normalized spacial score (nSPS) is 10.1. The molecule has 0 aliphatic carbocycles. The number of hydrogen-bond donors (Lipinski definition) is 1. The monoisotopic (exact) mass is 269 g/mol. The average molecular weight is 269 g/mol. The van der Waals surface area contributed by atoms with Gasteiger partial charge in [-0.05, 0) is 29.7 Å². The molecule has 0 amide bonds. The minimum absolute atomic E-state index is 0.308. The fourth-order valence-electron chi connectivity index (χ4n) is 1.93. The van der Waals surface area contributed by atoms with Gasteiger partial charge in [0.2, 0.25) is 0 Å². The van der Waals surface area contributed by atoms with Crippen LogP contribution in [-0.4, -0.2) is 5.97 Å². The molecule has 0 bridgehead atoms. The van der Waals surface area contributed by atoms with Crippen LogP contribution in [0, 0.1) is 0 Å². The molecule has 2 aromatic carbocycles. The number of hydrogen-bond acceptors (Lipinski definition) is 3. The zero-order valence-electron chi connectivity index (χ0n) is 11.8. The van der Waals surface area contributed by atoms with Crippen molar-refractivity contribution in [3.8, 4) is 5.75 Å². The van der Waals surface area contributed by atoms with Crippen LogP contribution in [0.5, 0.6) is 5.75 Å². The van der Waals surface area contributed by atoms with E-state index in [2.05, 4.69) is 36.5 Å². The molecule has 0 spiro atoms. The highest BCUT2D eigenvalue weighted by molar-refractivity contribution is 5.69. The Hall–Kier alpha value is -2.29. The molecule has 3 nitrogen and oxygen atoms in total. The van der Waals surface area contributed by atoms with Gasteiger partial charge in [-0.15, -0.1) is 0 Å². The zero-order valence-corrected chi connectivity index (χ0v) is 11.8. The van der Waals surface area contributed by atoms with Crippen molar-refractivity contribution in [3.63, 3.8) is 0 Å². The van der Waals surface area contributed by atoms with E-state index in [1.165, 1.54) is 18.1 Å². The first-order chi connectivity index (χ1) is 9.67. The molecule has 2 aromatic rings. The second kappa shape index (κ2) is 6.75. The lowest BCUT2D eigenvalue weighted by Crippen LogP contribution is -2.03. The van der Waals surface area contributed by atoms with E-state index >= 15 is 0 Å². The third-order valence-corrected chi connectivity index (χ3v) is 3.02. The summed E-state index contributed by atoms with van der Waals surface area (Å²) in [6, 6.07) is 15.9. The van der Waals surface area contributed by atoms with Crippen LogP contribution in [0.25, 0.3) is 0 Å². The van der Waals surface area contributed by atoms with E-state index in [0.29, 0.717) is 5.75 Å². The maximum absolute atomic E-state index is 10.9. The molecule has 104 valence electrons. The molecule has 0 fully saturated rings. The Morgan fingerprint density at radius 3 is 2.45 bits per heavy atom. The molecule has 0 unspecified atom stereocenters. The number of rotatable bonds is 5. The van der Waals surface area contributed by atoms with Crippen molar-refractivity contribution in [1.29, 1.82) is 0 Å². The number of ether oxygens (including phenoxy) is 1. The number of nitrogens with one attached hydrogen (secondary N) is 1. The summed E-state index contributed by atoms with van der Waals surface area (Å²) < 4.78 is 5.06. The summed E-state index contributed by atoms with van der Waals surface area (Å²) in [7, 11) is 0. The molecular formula is C17H19NO2.